The Morgan fingerprint density at radius 1 is 0.912 bits per heavy atom. The number of carbonyl (C=O) groups is 1. The number of aryl methyl sites for hydroxylation is 3. The van der Waals surface area contributed by atoms with Gasteiger partial charge in [-0.3, -0.25) is 0 Å². The van der Waals surface area contributed by atoms with Gasteiger partial charge >= 0.3 is 6.03 Å². The molecule has 0 radical (unpaired) electrons. The van der Waals surface area contributed by atoms with E-state index in [0.29, 0.717) is 31.2 Å². The predicted octanol–water partition coefficient (Wildman–Crippen LogP) is 4.75. The second-order valence-electron chi connectivity index (χ2n) is 8.58. The molecule has 174 valence electrons. The quantitative estimate of drug-likeness (QED) is 0.462. The molecule has 0 saturated carbocycles. The van der Waals surface area contributed by atoms with Crippen LogP contribution in [0, 0.1) is 20.8 Å². The maximum atomic E-state index is 12.7. The van der Waals surface area contributed by atoms with Crippen molar-refractivity contribution >= 4 is 40.0 Å². The first-order valence-corrected chi connectivity index (χ1v) is 11.6. The summed E-state index contributed by atoms with van der Waals surface area (Å²) in [5, 5.41) is 18.5. The standard InChI is InChI=1S/C25H26ClN7O/c1-16-4-8-20(9-5-16)27-25(34)32-14-12-31(13-15-32)24-23-22(17(2)28-29-24)18(3)33(30-23)21-10-6-19(26)7-11-21/h4-11H,12-15H2,1-3H3,(H,27,34). The van der Waals surface area contributed by atoms with Gasteiger partial charge in [-0.15, -0.1) is 5.10 Å². The summed E-state index contributed by atoms with van der Waals surface area (Å²) in [6.07, 6.45) is 0. The van der Waals surface area contributed by atoms with Crippen molar-refractivity contribution < 1.29 is 4.79 Å². The fourth-order valence-electron chi connectivity index (χ4n) is 4.32. The van der Waals surface area contributed by atoms with Crippen LogP contribution in [0.1, 0.15) is 17.0 Å². The van der Waals surface area contributed by atoms with Crippen molar-refractivity contribution in [1.82, 2.24) is 24.9 Å². The first-order valence-electron chi connectivity index (χ1n) is 11.3. The van der Waals surface area contributed by atoms with Crippen LogP contribution in [0.15, 0.2) is 48.5 Å². The molecular formula is C25H26ClN7O. The number of nitrogens with zero attached hydrogens (tertiary/aromatic N) is 6. The molecule has 2 aromatic heterocycles. The molecule has 0 spiro atoms. The van der Waals surface area contributed by atoms with Gasteiger partial charge < -0.3 is 15.1 Å². The smallest absolute Gasteiger partial charge is 0.321 e. The lowest BCUT2D eigenvalue weighted by Gasteiger charge is -2.35. The molecular weight excluding hydrogens is 450 g/mol. The maximum absolute atomic E-state index is 12.7. The molecule has 2 amide bonds. The summed E-state index contributed by atoms with van der Waals surface area (Å²) >= 11 is 6.07. The van der Waals surface area contributed by atoms with E-state index in [4.69, 9.17) is 16.7 Å². The third-order valence-corrected chi connectivity index (χ3v) is 6.48. The highest BCUT2D eigenvalue weighted by Crippen LogP contribution is 2.30. The molecule has 0 atom stereocenters. The molecule has 1 fully saturated rings. The summed E-state index contributed by atoms with van der Waals surface area (Å²) < 4.78 is 1.91. The Kier molecular flexibility index (Phi) is 5.83. The van der Waals surface area contributed by atoms with Crippen molar-refractivity contribution in [2.45, 2.75) is 20.8 Å². The van der Waals surface area contributed by atoms with Gasteiger partial charge in [0.15, 0.2) is 5.82 Å². The van der Waals surface area contributed by atoms with Gasteiger partial charge in [-0.2, -0.15) is 10.2 Å². The van der Waals surface area contributed by atoms with Gasteiger partial charge in [-0.05, 0) is 57.2 Å². The van der Waals surface area contributed by atoms with E-state index in [-0.39, 0.29) is 6.03 Å². The minimum absolute atomic E-state index is 0.0912. The van der Waals surface area contributed by atoms with Crippen LogP contribution < -0.4 is 10.2 Å². The molecule has 3 heterocycles. The highest BCUT2D eigenvalue weighted by molar-refractivity contribution is 6.30. The summed E-state index contributed by atoms with van der Waals surface area (Å²) in [6, 6.07) is 15.3. The Balaban J connectivity index is 1.36. The molecule has 4 aromatic rings. The van der Waals surface area contributed by atoms with Gasteiger partial charge in [-0.1, -0.05) is 29.3 Å². The third kappa shape index (κ3) is 4.17. The fraction of sp³-hybridized carbons (Fsp3) is 0.280. The molecule has 2 aromatic carbocycles. The number of benzene rings is 2. The van der Waals surface area contributed by atoms with Crippen LogP contribution in [-0.2, 0) is 0 Å². The predicted molar refractivity (Wildman–Crippen MR) is 135 cm³/mol. The lowest BCUT2D eigenvalue weighted by Crippen LogP contribution is -2.50. The zero-order chi connectivity index (χ0) is 23.8. The van der Waals surface area contributed by atoms with Gasteiger partial charge in [0.1, 0.15) is 5.52 Å². The molecule has 0 unspecified atom stereocenters. The number of piperazine rings is 1. The van der Waals surface area contributed by atoms with E-state index in [1.807, 2.05) is 78.9 Å². The van der Waals surface area contributed by atoms with Crippen LogP contribution in [0.3, 0.4) is 0 Å². The molecule has 0 bridgehead atoms. The van der Waals surface area contributed by atoms with Gasteiger partial charge in [0.25, 0.3) is 0 Å². The average molecular weight is 476 g/mol. The van der Waals surface area contributed by atoms with E-state index >= 15 is 0 Å². The van der Waals surface area contributed by atoms with Crippen LogP contribution in [0.2, 0.25) is 5.02 Å². The van der Waals surface area contributed by atoms with Crippen molar-refractivity contribution in [2.24, 2.45) is 0 Å². The van der Waals surface area contributed by atoms with Gasteiger partial charge in [-0.25, -0.2) is 9.48 Å². The maximum Gasteiger partial charge on any atom is 0.321 e. The van der Waals surface area contributed by atoms with Crippen molar-refractivity contribution in [2.75, 3.05) is 36.4 Å². The van der Waals surface area contributed by atoms with E-state index in [0.717, 1.165) is 45.0 Å². The number of fused-ring (bicyclic) bond motifs is 1. The fourth-order valence-corrected chi connectivity index (χ4v) is 4.45. The number of carbonyl (C=O) groups excluding carboxylic acids is 1. The molecule has 0 aliphatic carbocycles. The normalized spacial score (nSPS) is 14.0. The first kappa shape index (κ1) is 22.2. The average Bonchev–Trinajstić information content (AvgIpc) is 3.19. The molecule has 34 heavy (non-hydrogen) atoms. The largest absolute Gasteiger partial charge is 0.350 e. The number of halogens is 1. The van der Waals surface area contributed by atoms with Crippen LogP contribution in [-0.4, -0.2) is 57.1 Å². The molecule has 9 heteroatoms. The molecule has 1 saturated heterocycles. The molecule has 8 nitrogen and oxygen atoms in total. The van der Waals surface area contributed by atoms with Crippen LogP contribution in [0.4, 0.5) is 16.3 Å². The Hall–Kier alpha value is -3.65. The summed E-state index contributed by atoms with van der Waals surface area (Å²) in [5.41, 5.74) is 5.55. The minimum Gasteiger partial charge on any atom is -0.350 e. The van der Waals surface area contributed by atoms with Crippen molar-refractivity contribution in [1.29, 1.82) is 0 Å². The van der Waals surface area contributed by atoms with Crippen LogP contribution >= 0.6 is 11.6 Å². The van der Waals surface area contributed by atoms with E-state index in [2.05, 4.69) is 20.4 Å². The van der Waals surface area contributed by atoms with E-state index in [1.54, 1.807) is 0 Å². The zero-order valence-electron chi connectivity index (χ0n) is 19.4. The van der Waals surface area contributed by atoms with Crippen molar-refractivity contribution in [3.05, 3.63) is 70.5 Å². The SMILES string of the molecule is Cc1ccc(NC(=O)N2CCN(c3nnc(C)c4c(C)n(-c5ccc(Cl)cc5)nc34)CC2)cc1. The van der Waals surface area contributed by atoms with Crippen molar-refractivity contribution in [3.63, 3.8) is 0 Å². The zero-order valence-corrected chi connectivity index (χ0v) is 20.2. The Bertz CT molecular complexity index is 1340. The van der Waals surface area contributed by atoms with Gasteiger partial charge in [0.2, 0.25) is 0 Å². The number of urea groups is 1. The summed E-state index contributed by atoms with van der Waals surface area (Å²) in [6.45, 7) is 8.50. The number of aromatic nitrogens is 4. The Morgan fingerprint density at radius 2 is 1.59 bits per heavy atom. The number of hydrogen-bond donors (Lipinski definition) is 1. The van der Waals surface area contributed by atoms with Crippen LogP contribution in [0.25, 0.3) is 16.6 Å². The minimum atomic E-state index is -0.0912. The van der Waals surface area contributed by atoms with E-state index in [9.17, 15) is 4.79 Å². The number of amides is 2. The highest BCUT2D eigenvalue weighted by atomic mass is 35.5. The number of anilines is 2. The van der Waals surface area contributed by atoms with Crippen molar-refractivity contribution in [3.8, 4) is 5.69 Å². The molecule has 1 N–H and O–H groups in total. The monoisotopic (exact) mass is 475 g/mol. The summed E-state index contributed by atoms with van der Waals surface area (Å²) in [5.74, 6) is 0.745. The lowest BCUT2D eigenvalue weighted by atomic mass is 10.2. The van der Waals surface area contributed by atoms with E-state index in [1.165, 1.54) is 0 Å². The second kappa shape index (κ2) is 8.95. The highest BCUT2D eigenvalue weighted by Gasteiger charge is 2.26. The Morgan fingerprint density at radius 3 is 2.26 bits per heavy atom. The molecule has 1 aliphatic rings. The third-order valence-electron chi connectivity index (χ3n) is 6.23. The lowest BCUT2D eigenvalue weighted by molar-refractivity contribution is 0.208. The molecule has 1 aliphatic heterocycles. The summed E-state index contributed by atoms with van der Waals surface area (Å²) in [4.78, 5) is 16.7. The first-order chi connectivity index (χ1) is 16.4. The summed E-state index contributed by atoms with van der Waals surface area (Å²) in [7, 11) is 0. The Labute approximate surface area is 203 Å². The molecule has 5 rings (SSSR count). The van der Waals surface area contributed by atoms with Gasteiger partial charge in [0.05, 0.1) is 22.5 Å². The topological polar surface area (TPSA) is 79.2 Å². The number of hydrogen-bond acceptors (Lipinski definition) is 5. The van der Waals surface area contributed by atoms with E-state index < -0.39 is 0 Å². The van der Waals surface area contributed by atoms with Crippen LogP contribution in [0.5, 0.6) is 0 Å². The van der Waals surface area contributed by atoms with Gasteiger partial charge in [0, 0.05) is 36.9 Å². The number of nitrogens with one attached hydrogen (secondary N) is 1. The number of rotatable bonds is 3. The second-order valence-corrected chi connectivity index (χ2v) is 9.01.